The summed E-state index contributed by atoms with van der Waals surface area (Å²) in [5.74, 6) is -0.0423. The van der Waals surface area contributed by atoms with Gasteiger partial charge in [0.15, 0.2) is 0 Å². The number of amides is 3. The molecule has 1 N–H and O–H groups in total. The number of hydrogen-bond donors (Lipinski definition) is 1. The fourth-order valence-electron chi connectivity index (χ4n) is 2.96. The van der Waals surface area contributed by atoms with E-state index >= 15 is 0 Å². The summed E-state index contributed by atoms with van der Waals surface area (Å²) in [7, 11) is 1.98. The number of rotatable bonds is 9. The Bertz CT molecular complexity index is 801. The lowest BCUT2D eigenvalue weighted by molar-refractivity contribution is -0.132. The van der Waals surface area contributed by atoms with Gasteiger partial charge in [-0.3, -0.25) is 4.79 Å². The zero-order chi connectivity index (χ0) is 21.4. The standard InChI is InChI=1S/C22H31BrN4O2/c1-5-6-14-26(15-20-8-7-13-25(20)4)21(28)16-27(17(2)3)22(29)24-19-11-9-18(23)10-12-19/h7-13,17H,5-6,14-16H2,1-4H3,(H,24,29). The molecule has 1 heterocycles. The summed E-state index contributed by atoms with van der Waals surface area (Å²) in [6.07, 6.45) is 3.92. The van der Waals surface area contributed by atoms with Crippen molar-refractivity contribution in [3.8, 4) is 0 Å². The van der Waals surface area contributed by atoms with E-state index in [9.17, 15) is 9.59 Å². The number of nitrogens with one attached hydrogen (secondary N) is 1. The summed E-state index contributed by atoms with van der Waals surface area (Å²) >= 11 is 3.39. The van der Waals surface area contributed by atoms with Crippen LogP contribution in [0.4, 0.5) is 10.5 Å². The van der Waals surface area contributed by atoms with Gasteiger partial charge in [-0.1, -0.05) is 29.3 Å². The van der Waals surface area contributed by atoms with Crippen LogP contribution in [0.3, 0.4) is 0 Å². The van der Waals surface area contributed by atoms with Crippen LogP contribution in [-0.4, -0.2) is 45.4 Å². The van der Waals surface area contributed by atoms with Gasteiger partial charge >= 0.3 is 6.03 Å². The van der Waals surface area contributed by atoms with Gasteiger partial charge in [0.2, 0.25) is 5.91 Å². The average molecular weight is 463 g/mol. The molecule has 2 rings (SSSR count). The molecule has 7 heteroatoms. The van der Waals surface area contributed by atoms with Crippen molar-refractivity contribution in [1.82, 2.24) is 14.4 Å². The van der Waals surface area contributed by atoms with E-state index in [1.165, 1.54) is 0 Å². The summed E-state index contributed by atoms with van der Waals surface area (Å²) in [5, 5.41) is 2.88. The first-order valence-electron chi connectivity index (χ1n) is 10.0. The average Bonchev–Trinajstić information content (AvgIpc) is 3.08. The Balaban J connectivity index is 2.08. The van der Waals surface area contributed by atoms with E-state index in [2.05, 4.69) is 28.2 Å². The molecule has 0 saturated heterocycles. The van der Waals surface area contributed by atoms with E-state index in [1.807, 2.05) is 73.0 Å². The molecular weight excluding hydrogens is 432 g/mol. The molecule has 0 unspecified atom stereocenters. The maximum Gasteiger partial charge on any atom is 0.322 e. The highest BCUT2D eigenvalue weighted by molar-refractivity contribution is 9.10. The van der Waals surface area contributed by atoms with Crippen molar-refractivity contribution in [2.75, 3.05) is 18.4 Å². The van der Waals surface area contributed by atoms with Crippen molar-refractivity contribution >= 4 is 33.6 Å². The Kier molecular flexibility index (Phi) is 8.76. The molecule has 0 saturated carbocycles. The normalized spacial score (nSPS) is 10.8. The third-order valence-electron chi connectivity index (χ3n) is 4.82. The Morgan fingerprint density at radius 1 is 1.17 bits per heavy atom. The first-order chi connectivity index (χ1) is 13.8. The smallest absolute Gasteiger partial charge is 0.322 e. The van der Waals surface area contributed by atoms with Gasteiger partial charge in [-0.2, -0.15) is 0 Å². The number of urea groups is 1. The van der Waals surface area contributed by atoms with E-state index in [0.29, 0.717) is 18.8 Å². The van der Waals surface area contributed by atoms with Gasteiger partial charge in [-0.25, -0.2) is 4.79 Å². The quantitative estimate of drug-likeness (QED) is 0.578. The lowest BCUT2D eigenvalue weighted by Crippen LogP contribution is -2.47. The largest absolute Gasteiger partial charge is 0.353 e. The molecule has 0 atom stereocenters. The zero-order valence-corrected chi connectivity index (χ0v) is 19.3. The van der Waals surface area contributed by atoms with Gasteiger partial charge in [0, 0.05) is 41.7 Å². The second-order valence-corrected chi connectivity index (χ2v) is 8.35. The summed E-state index contributed by atoms with van der Waals surface area (Å²) < 4.78 is 2.96. The number of carbonyl (C=O) groups excluding carboxylic acids is 2. The highest BCUT2D eigenvalue weighted by Crippen LogP contribution is 2.15. The van der Waals surface area contributed by atoms with Crippen LogP contribution < -0.4 is 5.32 Å². The number of halogens is 1. The topological polar surface area (TPSA) is 57.6 Å². The molecule has 0 bridgehead atoms. The Morgan fingerprint density at radius 3 is 2.41 bits per heavy atom. The number of hydrogen-bond acceptors (Lipinski definition) is 2. The Morgan fingerprint density at radius 2 is 1.86 bits per heavy atom. The van der Waals surface area contributed by atoms with Crippen molar-refractivity contribution in [2.24, 2.45) is 7.05 Å². The van der Waals surface area contributed by atoms with E-state index in [0.717, 1.165) is 23.0 Å². The van der Waals surface area contributed by atoms with E-state index < -0.39 is 0 Å². The Hall–Kier alpha value is -2.28. The predicted molar refractivity (Wildman–Crippen MR) is 121 cm³/mol. The molecule has 1 aromatic heterocycles. The third kappa shape index (κ3) is 6.92. The first kappa shape index (κ1) is 23.0. The minimum Gasteiger partial charge on any atom is -0.353 e. The number of carbonyl (C=O) groups is 2. The van der Waals surface area contributed by atoms with Crippen molar-refractivity contribution in [3.63, 3.8) is 0 Å². The maximum atomic E-state index is 13.1. The minimum absolute atomic E-state index is 0.0423. The molecule has 0 radical (unpaired) electrons. The number of aromatic nitrogens is 1. The highest BCUT2D eigenvalue weighted by atomic mass is 79.9. The van der Waals surface area contributed by atoms with Crippen LogP contribution >= 0.6 is 15.9 Å². The van der Waals surface area contributed by atoms with Crippen LogP contribution in [0.15, 0.2) is 47.1 Å². The zero-order valence-electron chi connectivity index (χ0n) is 17.7. The monoisotopic (exact) mass is 462 g/mol. The number of unbranched alkanes of at least 4 members (excludes halogenated alkanes) is 1. The van der Waals surface area contributed by atoms with E-state index in [-0.39, 0.29) is 24.5 Å². The van der Waals surface area contributed by atoms with E-state index in [4.69, 9.17) is 0 Å². The molecule has 6 nitrogen and oxygen atoms in total. The van der Waals surface area contributed by atoms with Gasteiger partial charge < -0.3 is 19.7 Å². The molecule has 3 amide bonds. The summed E-state index contributed by atoms with van der Waals surface area (Å²) in [4.78, 5) is 29.3. The number of nitrogens with zero attached hydrogens (tertiary/aromatic N) is 3. The molecule has 0 fully saturated rings. The summed E-state index contributed by atoms with van der Waals surface area (Å²) in [6, 6.07) is 11.0. The van der Waals surface area contributed by atoms with Gasteiger partial charge in [0.05, 0.1) is 6.54 Å². The van der Waals surface area contributed by atoms with Crippen molar-refractivity contribution in [2.45, 2.75) is 46.2 Å². The van der Waals surface area contributed by atoms with Gasteiger partial charge in [0.1, 0.15) is 6.54 Å². The Labute approximate surface area is 182 Å². The first-order valence-corrected chi connectivity index (χ1v) is 10.8. The second-order valence-electron chi connectivity index (χ2n) is 7.44. The van der Waals surface area contributed by atoms with Crippen LogP contribution in [-0.2, 0) is 18.4 Å². The summed E-state index contributed by atoms with van der Waals surface area (Å²) in [6.45, 7) is 7.22. The summed E-state index contributed by atoms with van der Waals surface area (Å²) in [5.41, 5.74) is 1.77. The van der Waals surface area contributed by atoms with E-state index in [1.54, 1.807) is 4.90 Å². The van der Waals surface area contributed by atoms with Crippen LogP contribution in [0.1, 0.15) is 39.3 Å². The molecular formula is C22H31BrN4O2. The number of aryl methyl sites for hydroxylation is 1. The molecule has 0 aliphatic rings. The van der Waals surface area contributed by atoms with Gasteiger partial charge in [0.25, 0.3) is 0 Å². The van der Waals surface area contributed by atoms with Crippen molar-refractivity contribution in [1.29, 1.82) is 0 Å². The molecule has 1 aromatic carbocycles. The second kappa shape index (κ2) is 11.0. The molecule has 29 heavy (non-hydrogen) atoms. The lowest BCUT2D eigenvalue weighted by atomic mass is 10.2. The van der Waals surface area contributed by atoms with Gasteiger partial charge in [-0.15, -0.1) is 0 Å². The fraction of sp³-hybridized carbons (Fsp3) is 0.455. The maximum absolute atomic E-state index is 13.1. The predicted octanol–water partition coefficient (Wildman–Crippen LogP) is 4.86. The van der Waals surface area contributed by atoms with Crippen LogP contribution in [0, 0.1) is 0 Å². The molecule has 2 aromatic rings. The van der Waals surface area contributed by atoms with Crippen LogP contribution in [0.5, 0.6) is 0 Å². The number of benzene rings is 1. The molecule has 158 valence electrons. The van der Waals surface area contributed by atoms with Crippen LogP contribution in [0.2, 0.25) is 0 Å². The SMILES string of the molecule is CCCCN(Cc1cccn1C)C(=O)CN(C(=O)Nc1ccc(Br)cc1)C(C)C. The fourth-order valence-corrected chi connectivity index (χ4v) is 3.22. The minimum atomic E-state index is -0.273. The van der Waals surface area contributed by atoms with Crippen LogP contribution in [0.25, 0.3) is 0 Å². The van der Waals surface area contributed by atoms with Crippen molar-refractivity contribution in [3.05, 3.63) is 52.8 Å². The third-order valence-corrected chi connectivity index (χ3v) is 5.35. The highest BCUT2D eigenvalue weighted by Gasteiger charge is 2.24. The molecule has 0 aliphatic carbocycles. The lowest BCUT2D eigenvalue weighted by Gasteiger charge is -2.30. The van der Waals surface area contributed by atoms with Gasteiger partial charge in [-0.05, 0) is 56.7 Å². The van der Waals surface area contributed by atoms with Crippen molar-refractivity contribution < 1.29 is 9.59 Å². The number of anilines is 1. The molecule has 0 aliphatic heterocycles. The molecule has 0 spiro atoms.